The van der Waals surface area contributed by atoms with Crippen molar-refractivity contribution < 1.29 is 18.3 Å². The maximum absolute atomic E-state index is 14.8. The summed E-state index contributed by atoms with van der Waals surface area (Å²) in [6, 6.07) is 12.9. The Hall–Kier alpha value is -2.86. The molecule has 1 atom stereocenters. The molecular weight excluding hydrogens is 374 g/mol. The molecule has 2 heterocycles. The fourth-order valence-electron chi connectivity index (χ4n) is 4.09. The minimum absolute atomic E-state index is 0.347. The Kier molecular flexibility index (Phi) is 5.53. The highest BCUT2D eigenvalue weighted by molar-refractivity contribution is 5.41. The standard InChI is InChI=1S/C23H24F2N2O2/c1-28-18-8-6-16(22(14-18)29-2)15-27-12-4-11-26-10-3-5-21(26)23(27)19-13-17(24)7-9-20(19)25/h3,5-10,13-14,23H,4,11-12,15H2,1-2H3. The van der Waals surface area contributed by atoms with Crippen molar-refractivity contribution in [2.75, 3.05) is 20.8 Å². The molecule has 1 aliphatic rings. The Bertz CT molecular complexity index is 1000. The number of rotatable bonds is 5. The summed E-state index contributed by atoms with van der Waals surface area (Å²) in [6.07, 6.45) is 2.91. The predicted molar refractivity (Wildman–Crippen MR) is 107 cm³/mol. The van der Waals surface area contributed by atoms with Crippen LogP contribution >= 0.6 is 0 Å². The summed E-state index contributed by atoms with van der Waals surface area (Å²) in [5.74, 6) is 0.578. The van der Waals surface area contributed by atoms with E-state index in [0.717, 1.165) is 36.8 Å². The minimum Gasteiger partial charge on any atom is -0.497 e. The van der Waals surface area contributed by atoms with Crippen LogP contribution in [-0.4, -0.2) is 30.2 Å². The van der Waals surface area contributed by atoms with E-state index in [1.807, 2.05) is 36.5 Å². The molecule has 0 fully saturated rings. The van der Waals surface area contributed by atoms with Gasteiger partial charge in [0.05, 0.1) is 20.3 Å². The zero-order valence-electron chi connectivity index (χ0n) is 16.6. The number of aromatic nitrogens is 1. The van der Waals surface area contributed by atoms with Crippen LogP contribution in [0.1, 0.15) is 29.3 Å². The molecule has 2 aromatic carbocycles. The van der Waals surface area contributed by atoms with E-state index in [1.54, 1.807) is 14.2 Å². The molecule has 0 saturated carbocycles. The molecule has 152 valence electrons. The van der Waals surface area contributed by atoms with Gasteiger partial charge in [-0.1, -0.05) is 6.07 Å². The Balaban J connectivity index is 1.78. The summed E-state index contributed by atoms with van der Waals surface area (Å²) in [6.45, 7) is 2.13. The third-order valence-corrected chi connectivity index (χ3v) is 5.47. The molecule has 0 aliphatic carbocycles. The molecule has 0 saturated heterocycles. The Morgan fingerprint density at radius 1 is 1.00 bits per heavy atom. The maximum Gasteiger partial charge on any atom is 0.128 e. The molecular formula is C23H24F2N2O2. The number of hydrogen-bond donors (Lipinski definition) is 0. The topological polar surface area (TPSA) is 26.6 Å². The van der Waals surface area contributed by atoms with Crippen LogP contribution in [0.4, 0.5) is 8.78 Å². The van der Waals surface area contributed by atoms with Gasteiger partial charge in [-0.25, -0.2) is 8.78 Å². The summed E-state index contributed by atoms with van der Waals surface area (Å²) >= 11 is 0. The molecule has 4 rings (SSSR count). The molecule has 1 unspecified atom stereocenters. The number of methoxy groups -OCH3 is 2. The van der Waals surface area contributed by atoms with Gasteiger partial charge in [-0.05, 0) is 42.8 Å². The van der Waals surface area contributed by atoms with Gasteiger partial charge in [0.1, 0.15) is 23.1 Å². The van der Waals surface area contributed by atoms with Crippen molar-refractivity contribution in [1.82, 2.24) is 9.47 Å². The van der Waals surface area contributed by atoms with Crippen molar-refractivity contribution in [1.29, 1.82) is 0 Å². The van der Waals surface area contributed by atoms with E-state index >= 15 is 0 Å². The Morgan fingerprint density at radius 2 is 1.86 bits per heavy atom. The van der Waals surface area contributed by atoms with E-state index in [9.17, 15) is 8.78 Å². The van der Waals surface area contributed by atoms with Crippen LogP contribution < -0.4 is 9.47 Å². The van der Waals surface area contributed by atoms with Gasteiger partial charge < -0.3 is 14.0 Å². The second-order valence-electron chi connectivity index (χ2n) is 7.20. The normalized spacial score (nSPS) is 16.9. The van der Waals surface area contributed by atoms with E-state index < -0.39 is 17.7 Å². The molecule has 4 nitrogen and oxygen atoms in total. The van der Waals surface area contributed by atoms with Crippen LogP contribution in [-0.2, 0) is 13.1 Å². The first-order valence-electron chi connectivity index (χ1n) is 9.65. The van der Waals surface area contributed by atoms with E-state index in [0.29, 0.717) is 23.6 Å². The van der Waals surface area contributed by atoms with Crippen LogP contribution in [0.15, 0.2) is 54.7 Å². The number of nitrogens with zero attached hydrogens (tertiary/aromatic N) is 2. The van der Waals surface area contributed by atoms with Crippen molar-refractivity contribution in [3.63, 3.8) is 0 Å². The van der Waals surface area contributed by atoms with E-state index in [-0.39, 0.29) is 0 Å². The van der Waals surface area contributed by atoms with Gasteiger partial charge in [-0.3, -0.25) is 4.90 Å². The average molecular weight is 398 g/mol. The summed E-state index contributed by atoms with van der Waals surface area (Å²) in [7, 11) is 3.23. The highest BCUT2D eigenvalue weighted by atomic mass is 19.1. The van der Waals surface area contributed by atoms with Gasteiger partial charge in [0.25, 0.3) is 0 Å². The van der Waals surface area contributed by atoms with Gasteiger partial charge >= 0.3 is 0 Å². The van der Waals surface area contributed by atoms with Gasteiger partial charge in [-0.2, -0.15) is 0 Å². The Labute approximate surface area is 169 Å². The molecule has 0 amide bonds. The van der Waals surface area contributed by atoms with Gasteiger partial charge in [0.2, 0.25) is 0 Å². The van der Waals surface area contributed by atoms with Gasteiger partial charge in [0.15, 0.2) is 0 Å². The third kappa shape index (κ3) is 3.85. The molecule has 0 radical (unpaired) electrons. The molecule has 29 heavy (non-hydrogen) atoms. The van der Waals surface area contributed by atoms with Gasteiger partial charge in [-0.15, -0.1) is 0 Å². The summed E-state index contributed by atoms with van der Waals surface area (Å²) in [4.78, 5) is 2.18. The van der Waals surface area contributed by atoms with Crippen molar-refractivity contribution in [3.05, 3.63) is 83.2 Å². The number of hydrogen-bond acceptors (Lipinski definition) is 3. The number of halogens is 2. The predicted octanol–water partition coefficient (Wildman–Crippen LogP) is 4.78. The molecule has 1 aromatic heterocycles. The van der Waals surface area contributed by atoms with Crippen molar-refractivity contribution >= 4 is 0 Å². The summed E-state index contributed by atoms with van der Waals surface area (Å²) in [5.41, 5.74) is 2.27. The highest BCUT2D eigenvalue weighted by Crippen LogP contribution is 2.36. The largest absolute Gasteiger partial charge is 0.497 e. The first-order chi connectivity index (χ1) is 14.1. The summed E-state index contributed by atoms with van der Waals surface area (Å²) < 4.78 is 41.8. The zero-order chi connectivity index (χ0) is 20.4. The van der Waals surface area contributed by atoms with Crippen molar-refractivity contribution in [2.45, 2.75) is 25.6 Å². The van der Waals surface area contributed by atoms with Crippen LogP contribution in [0.3, 0.4) is 0 Å². The first kappa shape index (κ1) is 19.5. The van der Waals surface area contributed by atoms with Crippen LogP contribution in [0, 0.1) is 11.6 Å². The fourth-order valence-corrected chi connectivity index (χ4v) is 4.09. The van der Waals surface area contributed by atoms with E-state index in [1.165, 1.54) is 12.1 Å². The smallest absolute Gasteiger partial charge is 0.128 e. The number of fused-ring (bicyclic) bond motifs is 1. The average Bonchev–Trinajstić information content (AvgIpc) is 3.12. The quantitative estimate of drug-likeness (QED) is 0.619. The van der Waals surface area contributed by atoms with Crippen LogP contribution in [0.2, 0.25) is 0 Å². The van der Waals surface area contributed by atoms with E-state index in [2.05, 4.69) is 9.47 Å². The first-order valence-corrected chi connectivity index (χ1v) is 9.65. The molecule has 1 aliphatic heterocycles. The SMILES string of the molecule is COc1ccc(CN2CCCn3cccc3C2c2cc(F)ccc2F)c(OC)c1. The highest BCUT2D eigenvalue weighted by Gasteiger charge is 2.30. The number of aryl methyl sites for hydroxylation is 1. The lowest BCUT2D eigenvalue weighted by Gasteiger charge is -2.31. The lowest BCUT2D eigenvalue weighted by Crippen LogP contribution is -2.30. The fraction of sp³-hybridized carbons (Fsp3) is 0.304. The number of benzene rings is 2. The second kappa shape index (κ2) is 8.25. The minimum atomic E-state index is -0.439. The third-order valence-electron chi connectivity index (χ3n) is 5.47. The van der Waals surface area contributed by atoms with Crippen molar-refractivity contribution in [2.24, 2.45) is 0 Å². The molecule has 0 N–H and O–H groups in total. The van der Waals surface area contributed by atoms with Crippen LogP contribution in [0.25, 0.3) is 0 Å². The maximum atomic E-state index is 14.8. The molecule has 6 heteroatoms. The van der Waals surface area contributed by atoms with Crippen LogP contribution in [0.5, 0.6) is 11.5 Å². The molecule has 0 bridgehead atoms. The lowest BCUT2D eigenvalue weighted by atomic mass is 10.00. The molecule has 0 spiro atoms. The summed E-state index contributed by atoms with van der Waals surface area (Å²) in [5, 5.41) is 0. The Morgan fingerprint density at radius 3 is 2.66 bits per heavy atom. The second-order valence-corrected chi connectivity index (χ2v) is 7.20. The zero-order valence-corrected chi connectivity index (χ0v) is 16.6. The van der Waals surface area contributed by atoms with Gasteiger partial charge in [0, 0.05) is 48.7 Å². The molecule has 3 aromatic rings. The monoisotopic (exact) mass is 398 g/mol. The lowest BCUT2D eigenvalue weighted by molar-refractivity contribution is 0.213. The van der Waals surface area contributed by atoms with E-state index in [4.69, 9.17) is 9.47 Å². The number of ether oxygens (including phenoxy) is 2. The van der Waals surface area contributed by atoms with Crippen molar-refractivity contribution in [3.8, 4) is 11.5 Å².